The van der Waals surface area contributed by atoms with E-state index < -0.39 is 33.4 Å². The van der Waals surface area contributed by atoms with E-state index >= 15 is 0 Å². The number of likely N-dealkylation sites (tertiary alicyclic amines) is 1. The van der Waals surface area contributed by atoms with Crippen molar-refractivity contribution < 1.29 is 19.5 Å². The van der Waals surface area contributed by atoms with Gasteiger partial charge in [-0.05, 0) is 50.2 Å². The quantitative estimate of drug-likeness (QED) is 0.422. The summed E-state index contributed by atoms with van der Waals surface area (Å²) in [6.07, 6.45) is 7.20. The average Bonchev–Trinajstić information content (AvgIpc) is 3.57. The predicted octanol–water partition coefficient (Wildman–Crippen LogP) is 3.84. The van der Waals surface area contributed by atoms with E-state index in [-0.39, 0.29) is 30.4 Å². The molecule has 3 N–H and O–H groups in total. The van der Waals surface area contributed by atoms with Crippen molar-refractivity contribution in [3.05, 3.63) is 71.8 Å². The maximum atomic E-state index is 14.5. The van der Waals surface area contributed by atoms with Crippen LogP contribution in [0.5, 0.6) is 0 Å². The Morgan fingerprint density at radius 3 is 2.29 bits per heavy atom. The fourth-order valence-corrected chi connectivity index (χ4v) is 10.4. The molecule has 41 heavy (non-hydrogen) atoms. The summed E-state index contributed by atoms with van der Waals surface area (Å²) in [5.74, 6) is -1.56. The molecular formula is C33H41N3O4S. The lowest BCUT2D eigenvalue weighted by Crippen LogP contribution is -2.58. The molecule has 218 valence electrons. The number of carbonyl (C=O) groups excluding carboxylic acids is 3. The van der Waals surface area contributed by atoms with Crippen molar-refractivity contribution in [1.82, 2.24) is 15.5 Å². The summed E-state index contributed by atoms with van der Waals surface area (Å²) in [7, 11) is 0. The van der Waals surface area contributed by atoms with Crippen LogP contribution in [0, 0.1) is 11.8 Å². The fraction of sp³-hybridized carbons (Fsp3) is 0.545. The van der Waals surface area contributed by atoms with Gasteiger partial charge in [0.05, 0.1) is 29.2 Å². The van der Waals surface area contributed by atoms with Crippen LogP contribution in [0.4, 0.5) is 0 Å². The third-order valence-corrected chi connectivity index (χ3v) is 11.9. The number of rotatable bonds is 9. The summed E-state index contributed by atoms with van der Waals surface area (Å²) in [6.45, 7) is 2.25. The van der Waals surface area contributed by atoms with E-state index in [9.17, 15) is 19.5 Å². The van der Waals surface area contributed by atoms with Gasteiger partial charge in [-0.15, -0.1) is 11.8 Å². The molecule has 1 spiro atoms. The van der Waals surface area contributed by atoms with Crippen molar-refractivity contribution in [1.29, 1.82) is 0 Å². The van der Waals surface area contributed by atoms with E-state index in [1.807, 2.05) is 60.7 Å². The third kappa shape index (κ3) is 5.07. The Morgan fingerprint density at radius 1 is 0.976 bits per heavy atom. The SMILES string of the molecule is C[C@@]12CCC3(S1)C(C(=O)NC1CCCCC1)N([C@@H](CO)Cc1ccccc1)C(=O)[C@@H]3[C@@H]2C(=O)NCc1ccccc1. The number of carbonyl (C=O) groups is 3. The Bertz CT molecular complexity index is 1270. The summed E-state index contributed by atoms with van der Waals surface area (Å²) in [5.41, 5.74) is 2.00. The van der Waals surface area contributed by atoms with Crippen molar-refractivity contribution in [2.24, 2.45) is 11.8 Å². The van der Waals surface area contributed by atoms with Crippen molar-refractivity contribution in [2.45, 2.75) is 92.5 Å². The number of hydrogen-bond acceptors (Lipinski definition) is 5. The standard InChI is InChI=1S/C33H41N3O4S/c1-32-17-18-33(41-32)27(26(32)29(38)34-20-23-13-7-3-8-14-23)31(40)36(25(21-37)19-22-11-5-2-6-12-22)28(33)30(39)35-24-15-9-4-10-16-24/h2-3,5-8,11-14,24-28,37H,4,9-10,15-21H2,1H3,(H,34,38)(H,35,39)/t25-,26-,27+,28?,32+,33?/m1/s1. The number of thioether (sulfide) groups is 1. The molecule has 3 amide bonds. The molecule has 0 aromatic heterocycles. The molecule has 3 aliphatic heterocycles. The summed E-state index contributed by atoms with van der Waals surface area (Å²) in [4.78, 5) is 44.4. The molecule has 6 rings (SSSR count). The zero-order chi connectivity index (χ0) is 28.6. The molecule has 0 radical (unpaired) electrons. The van der Waals surface area contributed by atoms with Crippen molar-refractivity contribution in [2.75, 3.05) is 6.61 Å². The minimum Gasteiger partial charge on any atom is -0.394 e. The molecule has 8 heteroatoms. The van der Waals surface area contributed by atoms with Gasteiger partial charge in [-0.3, -0.25) is 14.4 Å². The lowest BCUT2D eigenvalue weighted by Gasteiger charge is -2.38. The van der Waals surface area contributed by atoms with Gasteiger partial charge in [0.15, 0.2) is 0 Å². The van der Waals surface area contributed by atoms with Crippen molar-refractivity contribution in [3.63, 3.8) is 0 Å². The molecule has 1 aliphatic carbocycles. The highest BCUT2D eigenvalue weighted by atomic mass is 32.2. The second kappa shape index (κ2) is 11.4. The first-order valence-corrected chi connectivity index (χ1v) is 16.0. The van der Waals surface area contributed by atoms with E-state index in [0.717, 1.165) is 43.2 Å². The number of fused-ring (bicyclic) bond motifs is 1. The number of hydrogen-bond donors (Lipinski definition) is 3. The first-order chi connectivity index (χ1) is 19.9. The van der Waals surface area contributed by atoms with Gasteiger partial charge in [-0.1, -0.05) is 79.9 Å². The monoisotopic (exact) mass is 575 g/mol. The molecule has 2 unspecified atom stereocenters. The number of aliphatic hydroxyl groups excluding tert-OH is 1. The molecule has 2 bridgehead atoms. The highest BCUT2D eigenvalue weighted by molar-refractivity contribution is 8.02. The molecule has 7 nitrogen and oxygen atoms in total. The first kappa shape index (κ1) is 28.3. The maximum Gasteiger partial charge on any atom is 0.244 e. The smallest absolute Gasteiger partial charge is 0.244 e. The summed E-state index contributed by atoms with van der Waals surface area (Å²) in [6, 6.07) is 18.4. The molecular weight excluding hydrogens is 534 g/mol. The fourth-order valence-electron chi connectivity index (χ4n) is 8.02. The van der Waals surface area contributed by atoms with Gasteiger partial charge in [-0.25, -0.2) is 0 Å². The molecule has 6 atom stereocenters. The number of nitrogens with zero attached hydrogens (tertiary/aromatic N) is 1. The van der Waals surface area contributed by atoms with Crippen LogP contribution in [0.2, 0.25) is 0 Å². The zero-order valence-electron chi connectivity index (χ0n) is 23.8. The first-order valence-electron chi connectivity index (χ1n) is 15.2. The second-order valence-electron chi connectivity index (χ2n) is 12.5. The Morgan fingerprint density at radius 2 is 1.63 bits per heavy atom. The maximum absolute atomic E-state index is 14.5. The van der Waals surface area contributed by atoms with Crippen LogP contribution in [-0.2, 0) is 27.3 Å². The molecule has 3 heterocycles. The van der Waals surface area contributed by atoms with Gasteiger partial charge in [0.2, 0.25) is 17.7 Å². The molecule has 2 aromatic rings. The third-order valence-electron chi connectivity index (χ3n) is 9.92. The van der Waals surface area contributed by atoms with Crippen LogP contribution in [0.25, 0.3) is 0 Å². The average molecular weight is 576 g/mol. The number of benzene rings is 2. The van der Waals surface area contributed by atoms with E-state index in [0.29, 0.717) is 19.4 Å². The number of aliphatic hydroxyl groups is 1. The van der Waals surface area contributed by atoms with Crippen LogP contribution in [0.3, 0.4) is 0 Å². The Balaban J connectivity index is 1.33. The van der Waals surface area contributed by atoms with Gasteiger partial charge in [0.1, 0.15) is 6.04 Å². The highest BCUT2D eigenvalue weighted by Gasteiger charge is 2.77. The number of nitrogens with one attached hydrogen (secondary N) is 2. The van der Waals surface area contributed by atoms with E-state index in [1.165, 1.54) is 6.42 Å². The second-order valence-corrected chi connectivity index (χ2v) is 14.4. The predicted molar refractivity (Wildman–Crippen MR) is 160 cm³/mol. The van der Waals surface area contributed by atoms with Crippen LogP contribution in [-0.4, -0.2) is 62.0 Å². The van der Waals surface area contributed by atoms with Crippen LogP contribution in [0.15, 0.2) is 60.7 Å². The summed E-state index contributed by atoms with van der Waals surface area (Å²) >= 11 is 1.68. The number of amides is 3. The lowest BCUT2D eigenvalue weighted by atomic mass is 9.66. The Hall–Kier alpha value is -2.84. The van der Waals surface area contributed by atoms with Gasteiger partial charge in [-0.2, -0.15) is 0 Å². The van der Waals surface area contributed by atoms with E-state index in [4.69, 9.17) is 0 Å². The Labute approximate surface area is 246 Å². The van der Waals surface area contributed by atoms with Crippen LogP contribution < -0.4 is 10.6 Å². The van der Waals surface area contributed by atoms with Gasteiger partial charge in [0, 0.05) is 17.3 Å². The van der Waals surface area contributed by atoms with Crippen LogP contribution in [0.1, 0.15) is 63.0 Å². The van der Waals surface area contributed by atoms with Gasteiger partial charge >= 0.3 is 0 Å². The van der Waals surface area contributed by atoms with Gasteiger partial charge < -0.3 is 20.6 Å². The normalized spacial score (nSPS) is 31.6. The van der Waals surface area contributed by atoms with Crippen LogP contribution >= 0.6 is 11.8 Å². The summed E-state index contributed by atoms with van der Waals surface area (Å²) in [5, 5.41) is 17.1. The molecule has 3 saturated heterocycles. The topological polar surface area (TPSA) is 98.7 Å². The Kier molecular flexibility index (Phi) is 7.90. The largest absolute Gasteiger partial charge is 0.394 e. The molecule has 2 aromatic carbocycles. The van der Waals surface area contributed by atoms with Crippen molar-refractivity contribution in [3.8, 4) is 0 Å². The molecule has 4 aliphatic rings. The lowest BCUT2D eigenvalue weighted by molar-refractivity contribution is -0.143. The summed E-state index contributed by atoms with van der Waals surface area (Å²) < 4.78 is -1.12. The van der Waals surface area contributed by atoms with E-state index in [1.54, 1.807) is 16.7 Å². The highest BCUT2D eigenvalue weighted by Crippen LogP contribution is 2.71. The molecule has 4 fully saturated rings. The molecule has 1 saturated carbocycles. The minimum absolute atomic E-state index is 0.106. The zero-order valence-corrected chi connectivity index (χ0v) is 24.6. The minimum atomic E-state index is -0.721. The van der Waals surface area contributed by atoms with Crippen molar-refractivity contribution >= 4 is 29.5 Å². The van der Waals surface area contributed by atoms with E-state index in [2.05, 4.69) is 17.6 Å². The van der Waals surface area contributed by atoms with Gasteiger partial charge in [0.25, 0.3) is 0 Å².